The highest BCUT2D eigenvalue weighted by Crippen LogP contribution is 2.17. The van der Waals surface area contributed by atoms with Crippen LogP contribution < -0.4 is 10.6 Å². The Balaban J connectivity index is 1.79. The molecule has 0 bridgehead atoms. The number of nitrogens with one attached hydrogen (secondary N) is 2. The topological polar surface area (TPSA) is 41.1 Å². The zero-order valence-electron chi connectivity index (χ0n) is 12.7. The zero-order valence-corrected chi connectivity index (χ0v) is 12.7. The van der Waals surface area contributed by atoms with Crippen LogP contribution in [0.15, 0.2) is 18.2 Å². The Labute approximate surface area is 122 Å². The van der Waals surface area contributed by atoms with Crippen molar-refractivity contribution in [1.29, 1.82) is 0 Å². The third-order valence-electron chi connectivity index (χ3n) is 3.90. The number of carbonyl (C=O) groups is 1. The van der Waals surface area contributed by atoms with E-state index in [0.29, 0.717) is 12.6 Å². The van der Waals surface area contributed by atoms with Crippen molar-refractivity contribution in [2.45, 2.75) is 58.4 Å². The summed E-state index contributed by atoms with van der Waals surface area (Å²) in [7, 11) is 0. The van der Waals surface area contributed by atoms with E-state index in [1.807, 2.05) is 0 Å². The van der Waals surface area contributed by atoms with E-state index in [1.54, 1.807) is 0 Å². The summed E-state index contributed by atoms with van der Waals surface area (Å²) in [6.45, 7) is 4.51. The minimum Gasteiger partial charge on any atom is -0.376 e. The Morgan fingerprint density at radius 1 is 1.05 bits per heavy atom. The smallest absolute Gasteiger partial charge is 0.239 e. The molecule has 20 heavy (non-hydrogen) atoms. The van der Waals surface area contributed by atoms with E-state index in [1.165, 1.54) is 36.8 Å². The van der Waals surface area contributed by atoms with Gasteiger partial charge < -0.3 is 10.6 Å². The third kappa shape index (κ3) is 4.87. The van der Waals surface area contributed by atoms with Crippen LogP contribution in [-0.4, -0.2) is 18.5 Å². The van der Waals surface area contributed by atoms with Gasteiger partial charge in [-0.2, -0.15) is 0 Å². The number of anilines is 1. The minimum atomic E-state index is 0.107. The molecule has 0 aliphatic heterocycles. The maximum absolute atomic E-state index is 12.0. The lowest BCUT2D eigenvalue weighted by Crippen LogP contribution is -2.38. The minimum absolute atomic E-state index is 0.107. The van der Waals surface area contributed by atoms with E-state index in [2.05, 4.69) is 42.7 Å². The second-order valence-electron chi connectivity index (χ2n) is 5.99. The van der Waals surface area contributed by atoms with Crippen LogP contribution in [0.25, 0.3) is 0 Å². The van der Waals surface area contributed by atoms with Crippen LogP contribution in [-0.2, 0) is 4.79 Å². The van der Waals surface area contributed by atoms with Gasteiger partial charge in [0.1, 0.15) is 0 Å². The molecule has 0 saturated heterocycles. The van der Waals surface area contributed by atoms with Crippen molar-refractivity contribution >= 4 is 11.6 Å². The molecule has 1 aliphatic rings. The van der Waals surface area contributed by atoms with Crippen molar-refractivity contribution in [3.8, 4) is 0 Å². The average molecular weight is 274 g/mol. The summed E-state index contributed by atoms with van der Waals surface area (Å²) >= 11 is 0. The molecular weight excluding hydrogens is 248 g/mol. The molecule has 0 aromatic heterocycles. The SMILES string of the molecule is Cc1cc(C)cc(NCC(=O)NC2CCCCCC2)c1. The third-order valence-corrected chi connectivity index (χ3v) is 3.90. The van der Waals surface area contributed by atoms with E-state index in [4.69, 9.17) is 0 Å². The molecule has 0 spiro atoms. The van der Waals surface area contributed by atoms with Crippen molar-refractivity contribution in [3.05, 3.63) is 29.3 Å². The monoisotopic (exact) mass is 274 g/mol. The van der Waals surface area contributed by atoms with Gasteiger partial charge in [0.05, 0.1) is 6.54 Å². The molecule has 0 unspecified atom stereocenters. The molecule has 110 valence electrons. The number of carbonyl (C=O) groups excluding carboxylic acids is 1. The quantitative estimate of drug-likeness (QED) is 0.824. The van der Waals surface area contributed by atoms with Gasteiger partial charge in [0.2, 0.25) is 5.91 Å². The molecule has 3 heteroatoms. The summed E-state index contributed by atoms with van der Waals surface area (Å²) in [6, 6.07) is 6.67. The summed E-state index contributed by atoms with van der Waals surface area (Å²) in [5.41, 5.74) is 3.46. The van der Waals surface area contributed by atoms with Gasteiger partial charge in [0, 0.05) is 11.7 Å². The van der Waals surface area contributed by atoms with Crippen LogP contribution in [0.3, 0.4) is 0 Å². The van der Waals surface area contributed by atoms with Crippen LogP contribution in [0, 0.1) is 13.8 Å². The molecule has 0 radical (unpaired) electrons. The highest BCUT2D eigenvalue weighted by molar-refractivity contribution is 5.81. The summed E-state index contributed by atoms with van der Waals surface area (Å²) in [5.74, 6) is 0.107. The lowest BCUT2D eigenvalue weighted by Gasteiger charge is -2.17. The van der Waals surface area contributed by atoms with Gasteiger partial charge in [-0.3, -0.25) is 4.79 Å². The molecule has 2 N–H and O–H groups in total. The Morgan fingerprint density at radius 3 is 2.25 bits per heavy atom. The predicted octanol–water partition coefficient (Wildman–Crippen LogP) is 3.55. The molecule has 1 saturated carbocycles. The summed E-state index contributed by atoms with van der Waals surface area (Å²) in [6.07, 6.45) is 7.38. The van der Waals surface area contributed by atoms with Crippen LogP contribution in [0.1, 0.15) is 49.7 Å². The van der Waals surface area contributed by atoms with Gasteiger partial charge in [0.15, 0.2) is 0 Å². The summed E-state index contributed by atoms with van der Waals surface area (Å²) in [4.78, 5) is 12.0. The first-order valence-corrected chi connectivity index (χ1v) is 7.75. The maximum Gasteiger partial charge on any atom is 0.239 e. The molecule has 1 aromatic carbocycles. The number of benzene rings is 1. The van der Waals surface area contributed by atoms with Crippen LogP contribution in [0.2, 0.25) is 0 Å². The highest BCUT2D eigenvalue weighted by Gasteiger charge is 2.14. The van der Waals surface area contributed by atoms with Gasteiger partial charge >= 0.3 is 0 Å². The van der Waals surface area contributed by atoms with E-state index < -0.39 is 0 Å². The lowest BCUT2D eigenvalue weighted by molar-refractivity contribution is -0.120. The molecule has 0 atom stereocenters. The Bertz CT molecular complexity index is 428. The van der Waals surface area contributed by atoms with Crippen LogP contribution >= 0.6 is 0 Å². The van der Waals surface area contributed by atoms with Gasteiger partial charge in [-0.25, -0.2) is 0 Å². The first-order chi connectivity index (χ1) is 9.63. The van der Waals surface area contributed by atoms with Gasteiger partial charge in [-0.15, -0.1) is 0 Å². The van der Waals surface area contributed by atoms with Crippen LogP contribution in [0.4, 0.5) is 5.69 Å². The number of amides is 1. The van der Waals surface area contributed by atoms with E-state index in [0.717, 1.165) is 18.5 Å². The fourth-order valence-electron chi connectivity index (χ4n) is 2.96. The lowest BCUT2D eigenvalue weighted by atomic mass is 10.1. The maximum atomic E-state index is 12.0. The standard InChI is InChI=1S/C17H26N2O/c1-13-9-14(2)11-16(10-13)18-12-17(20)19-15-7-5-3-4-6-8-15/h9-11,15,18H,3-8,12H2,1-2H3,(H,19,20). The molecule has 0 heterocycles. The molecule has 1 aliphatic carbocycles. The van der Waals surface area contributed by atoms with Crippen molar-refractivity contribution in [2.24, 2.45) is 0 Å². The number of hydrogen-bond acceptors (Lipinski definition) is 2. The second-order valence-corrected chi connectivity index (χ2v) is 5.99. The second kappa shape index (κ2) is 7.32. The predicted molar refractivity (Wildman–Crippen MR) is 84.0 cm³/mol. The molecule has 1 amide bonds. The van der Waals surface area contributed by atoms with Gasteiger partial charge in [-0.1, -0.05) is 31.7 Å². The van der Waals surface area contributed by atoms with E-state index in [9.17, 15) is 4.79 Å². The number of rotatable bonds is 4. The Hall–Kier alpha value is -1.51. The normalized spacial score (nSPS) is 16.5. The molecule has 1 aromatic rings. The first-order valence-electron chi connectivity index (χ1n) is 7.75. The first kappa shape index (κ1) is 14.9. The molecule has 3 nitrogen and oxygen atoms in total. The number of aryl methyl sites for hydroxylation is 2. The largest absolute Gasteiger partial charge is 0.376 e. The fourth-order valence-corrected chi connectivity index (χ4v) is 2.96. The number of hydrogen-bond donors (Lipinski definition) is 2. The van der Waals surface area contributed by atoms with Crippen LogP contribution in [0.5, 0.6) is 0 Å². The Kier molecular flexibility index (Phi) is 5.45. The fraction of sp³-hybridized carbons (Fsp3) is 0.588. The molecular formula is C17H26N2O. The van der Waals surface area contributed by atoms with Gasteiger partial charge in [0.25, 0.3) is 0 Å². The zero-order chi connectivity index (χ0) is 14.4. The molecule has 1 fully saturated rings. The van der Waals surface area contributed by atoms with Gasteiger partial charge in [-0.05, 0) is 49.9 Å². The Morgan fingerprint density at radius 2 is 1.65 bits per heavy atom. The summed E-state index contributed by atoms with van der Waals surface area (Å²) < 4.78 is 0. The summed E-state index contributed by atoms with van der Waals surface area (Å²) in [5, 5.41) is 6.38. The average Bonchev–Trinajstić information content (AvgIpc) is 2.64. The molecule has 2 rings (SSSR count). The van der Waals surface area contributed by atoms with Crippen molar-refractivity contribution in [2.75, 3.05) is 11.9 Å². The van der Waals surface area contributed by atoms with Crippen molar-refractivity contribution < 1.29 is 4.79 Å². The van der Waals surface area contributed by atoms with Crippen molar-refractivity contribution in [3.63, 3.8) is 0 Å². The van der Waals surface area contributed by atoms with E-state index in [-0.39, 0.29) is 5.91 Å². The van der Waals surface area contributed by atoms with Crippen molar-refractivity contribution in [1.82, 2.24) is 5.32 Å². The van der Waals surface area contributed by atoms with E-state index >= 15 is 0 Å². The highest BCUT2D eigenvalue weighted by atomic mass is 16.1.